The van der Waals surface area contributed by atoms with Gasteiger partial charge in [0.15, 0.2) is 0 Å². The normalized spacial score (nSPS) is 29.6. The molecule has 1 rings (SSSR count). The highest BCUT2D eigenvalue weighted by atomic mass is 14.7. The quantitative estimate of drug-likeness (QED) is 0.463. The third-order valence-electron chi connectivity index (χ3n) is 1.50. The minimum Gasteiger partial charge on any atom is -0.292 e. The molecule has 0 spiro atoms. The fraction of sp³-hybridized carbons (Fsp3) is 0.375. The van der Waals surface area contributed by atoms with E-state index in [1.165, 1.54) is 0 Å². The molecule has 0 amide bonds. The lowest BCUT2D eigenvalue weighted by atomic mass is 10.0. The summed E-state index contributed by atoms with van der Waals surface area (Å²) in [6, 6.07) is 0. The topological polar surface area (TPSA) is 12.4 Å². The molecule has 0 aromatic heterocycles. The van der Waals surface area contributed by atoms with Crippen molar-refractivity contribution in [2.24, 2.45) is 10.9 Å². The summed E-state index contributed by atoms with van der Waals surface area (Å²) in [7, 11) is 1.83. The molecule has 1 atom stereocenters. The van der Waals surface area contributed by atoms with E-state index in [0.717, 1.165) is 5.71 Å². The molecule has 0 aromatic carbocycles. The van der Waals surface area contributed by atoms with Crippen LogP contribution in [0.25, 0.3) is 0 Å². The number of allylic oxidation sites excluding steroid dienone is 4. The number of nitrogens with zero attached hydrogens (tertiary/aromatic N) is 1. The van der Waals surface area contributed by atoms with Crippen LogP contribution >= 0.6 is 0 Å². The fourth-order valence-corrected chi connectivity index (χ4v) is 0.914. The molecular weight excluding hydrogens is 110 g/mol. The van der Waals surface area contributed by atoms with Gasteiger partial charge < -0.3 is 0 Å². The van der Waals surface area contributed by atoms with Crippen LogP contribution in [0, 0.1) is 5.92 Å². The summed E-state index contributed by atoms with van der Waals surface area (Å²) in [5, 5.41) is 0. The van der Waals surface area contributed by atoms with Gasteiger partial charge in [0.1, 0.15) is 0 Å². The molecule has 0 unspecified atom stereocenters. The van der Waals surface area contributed by atoms with Crippen molar-refractivity contribution >= 4 is 5.71 Å². The Bertz CT molecular complexity index is 175. The van der Waals surface area contributed by atoms with Crippen LogP contribution in [-0.2, 0) is 0 Å². The highest BCUT2D eigenvalue weighted by Crippen LogP contribution is 2.06. The van der Waals surface area contributed by atoms with Crippen molar-refractivity contribution in [3.63, 3.8) is 0 Å². The summed E-state index contributed by atoms with van der Waals surface area (Å²) in [6.45, 7) is 2.14. The second kappa shape index (κ2) is 2.62. The second-order valence-corrected chi connectivity index (χ2v) is 2.18. The van der Waals surface area contributed by atoms with Crippen molar-refractivity contribution in [3.05, 3.63) is 24.3 Å². The lowest BCUT2D eigenvalue weighted by Crippen LogP contribution is -2.06. The van der Waals surface area contributed by atoms with E-state index in [4.69, 9.17) is 0 Å². The average molecular weight is 121 g/mol. The minimum absolute atomic E-state index is 0.500. The standard InChI is InChI=1S/C8H11N/c1-7-5-3-4-6-8(7)9-2/h3-7H,1-2H3/b9-8+/t7-/m0/s1. The molecule has 1 aliphatic rings. The molecule has 9 heavy (non-hydrogen) atoms. The predicted molar refractivity (Wildman–Crippen MR) is 40.8 cm³/mol. The van der Waals surface area contributed by atoms with Gasteiger partial charge in [-0.1, -0.05) is 25.2 Å². The summed E-state index contributed by atoms with van der Waals surface area (Å²) in [5.41, 5.74) is 1.16. The van der Waals surface area contributed by atoms with Crippen molar-refractivity contribution in [1.29, 1.82) is 0 Å². The van der Waals surface area contributed by atoms with Gasteiger partial charge in [-0.2, -0.15) is 0 Å². The van der Waals surface area contributed by atoms with Crippen LogP contribution < -0.4 is 0 Å². The van der Waals surface area contributed by atoms with Gasteiger partial charge in [-0.05, 0) is 6.08 Å². The molecule has 1 heteroatoms. The molecule has 0 bridgehead atoms. The third kappa shape index (κ3) is 1.28. The van der Waals surface area contributed by atoms with Gasteiger partial charge in [-0.3, -0.25) is 4.99 Å². The molecule has 0 fully saturated rings. The van der Waals surface area contributed by atoms with Crippen molar-refractivity contribution in [2.45, 2.75) is 6.92 Å². The Hall–Kier alpha value is -0.850. The van der Waals surface area contributed by atoms with Gasteiger partial charge in [-0.15, -0.1) is 0 Å². The van der Waals surface area contributed by atoms with Crippen LogP contribution in [0.4, 0.5) is 0 Å². The van der Waals surface area contributed by atoms with Crippen LogP contribution in [0.15, 0.2) is 29.3 Å². The Morgan fingerprint density at radius 3 is 2.67 bits per heavy atom. The summed E-state index contributed by atoms with van der Waals surface area (Å²) < 4.78 is 0. The van der Waals surface area contributed by atoms with E-state index in [9.17, 15) is 0 Å². The zero-order chi connectivity index (χ0) is 6.69. The highest BCUT2D eigenvalue weighted by Gasteiger charge is 2.03. The second-order valence-electron chi connectivity index (χ2n) is 2.18. The lowest BCUT2D eigenvalue weighted by Gasteiger charge is -2.07. The molecule has 0 N–H and O–H groups in total. The Morgan fingerprint density at radius 1 is 1.44 bits per heavy atom. The Labute approximate surface area is 55.8 Å². The third-order valence-corrected chi connectivity index (χ3v) is 1.50. The van der Waals surface area contributed by atoms with Crippen molar-refractivity contribution in [3.8, 4) is 0 Å². The fourth-order valence-electron chi connectivity index (χ4n) is 0.914. The molecular formula is C8H11N. The largest absolute Gasteiger partial charge is 0.292 e. The minimum atomic E-state index is 0.500. The molecule has 0 heterocycles. The number of rotatable bonds is 0. The van der Waals surface area contributed by atoms with Gasteiger partial charge in [-0.25, -0.2) is 0 Å². The summed E-state index contributed by atoms with van der Waals surface area (Å²) in [5.74, 6) is 0.500. The van der Waals surface area contributed by atoms with E-state index in [1.54, 1.807) is 0 Å². The van der Waals surface area contributed by atoms with Crippen LogP contribution in [0.1, 0.15) is 6.92 Å². The predicted octanol–water partition coefficient (Wildman–Crippen LogP) is 1.82. The summed E-state index contributed by atoms with van der Waals surface area (Å²) in [4.78, 5) is 4.11. The first-order valence-electron chi connectivity index (χ1n) is 3.16. The average Bonchev–Trinajstić information content (AvgIpc) is 1.89. The summed E-state index contributed by atoms with van der Waals surface area (Å²) >= 11 is 0. The Morgan fingerprint density at radius 2 is 2.22 bits per heavy atom. The van der Waals surface area contributed by atoms with Crippen molar-refractivity contribution in [1.82, 2.24) is 0 Å². The van der Waals surface area contributed by atoms with Gasteiger partial charge >= 0.3 is 0 Å². The van der Waals surface area contributed by atoms with Gasteiger partial charge in [0.2, 0.25) is 0 Å². The van der Waals surface area contributed by atoms with E-state index in [0.29, 0.717) is 5.92 Å². The van der Waals surface area contributed by atoms with E-state index in [1.807, 2.05) is 19.2 Å². The smallest absolute Gasteiger partial charge is 0.0410 e. The number of aliphatic imine (C=N–C) groups is 1. The van der Waals surface area contributed by atoms with Crippen LogP contribution in [0.5, 0.6) is 0 Å². The molecule has 1 nitrogen and oxygen atoms in total. The SMILES string of the molecule is C/N=C1\C=CC=C[C@@H]1C. The van der Waals surface area contributed by atoms with E-state index in [-0.39, 0.29) is 0 Å². The van der Waals surface area contributed by atoms with Crippen molar-refractivity contribution < 1.29 is 0 Å². The van der Waals surface area contributed by atoms with E-state index >= 15 is 0 Å². The maximum absolute atomic E-state index is 4.11. The van der Waals surface area contributed by atoms with Crippen LogP contribution in [0.2, 0.25) is 0 Å². The molecule has 48 valence electrons. The first-order chi connectivity index (χ1) is 4.34. The monoisotopic (exact) mass is 121 g/mol. The number of hydrogen-bond acceptors (Lipinski definition) is 1. The molecule has 0 saturated carbocycles. The van der Waals surface area contributed by atoms with E-state index in [2.05, 4.69) is 24.1 Å². The molecule has 0 aromatic rings. The van der Waals surface area contributed by atoms with Gasteiger partial charge in [0.05, 0.1) is 0 Å². The molecule has 0 radical (unpaired) electrons. The molecule has 1 aliphatic carbocycles. The van der Waals surface area contributed by atoms with Crippen LogP contribution in [-0.4, -0.2) is 12.8 Å². The number of hydrogen-bond donors (Lipinski definition) is 0. The van der Waals surface area contributed by atoms with Gasteiger partial charge in [0.25, 0.3) is 0 Å². The van der Waals surface area contributed by atoms with Gasteiger partial charge in [0, 0.05) is 18.7 Å². The Balaban J connectivity index is 2.78. The molecule has 0 aliphatic heterocycles. The van der Waals surface area contributed by atoms with Crippen LogP contribution in [0.3, 0.4) is 0 Å². The first kappa shape index (κ1) is 6.27. The maximum atomic E-state index is 4.11. The summed E-state index contributed by atoms with van der Waals surface area (Å²) in [6.07, 6.45) is 8.26. The first-order valence-corrected chi connectivity index (χ1v) is 3.16. The van der Waals surface area contributed by atoms with E-state index < -0.39 is 0 Å². The lowest BCUT2D eigenvalue weighted by molar-refractivity contribution is 0.991. The van der Waals surface area contributed by atoms with Crippen molar-refractivity contribution in [2.75, 3.05) is 7.05 Å². The zero-order valence-corrected chi connectivity index (χ0v) is 5.83. The highest BCUT2D eigenvalue weighted by molar-refractivity contribution is 5.98. The Kier molecular flexibility index (Phi) is 1.83. The molecule has 0 saturated heterocycles. The zero-order valence-electron chi connectivity index (χ0n) is 5.83. The maximum Gasteiger partial charge on any atom is 0.0410 e.